The number of nitrogens with zero attached hydrogens (tertiary/aromatic N) is 1. The minimum atomic E-state index is -3.94. The van der Waals surface area contributed by atoms with Crippen LogP contribution in [-0.2, 0) is 9.84 Å². The molecule has 3 aromatic rings. The maximum absolute atomic E-state index is 13.2. The maximum atomic E-state index is 13.2. The van der Waals surface area contributed by atoms with Gasteiger partial charge < -0.3 is 9.73 Å². The Hall–Kier alpha value is -2.02. The van der Waals surface area contributed by atoms with Crippen molar-refractivity contribution in [2.75, 3.05) is 5.32 Å². The van der Waals surface area contributed by atoms with Crippen LogP contribution in [0.5, 0.6) is 0 Å². The molecule has 2 aromatic carbocycles. The van der Waals surface area contributed by atoms with Gasteiger partial charge in [-0.3, -0.25) is 0 Å². The molecule has 0 radical (unpaired) electrons. The van der Waals surface area contributed by atoms with Crippen LogP contribution in [0.3, 0.4) is 0 Å². The molecule has 1 aliphatic carbocycles. The van der Waals surface area contributed by atoms with Gasteiger partial charge in [0.1, 0.15) is 0 Å². The number of nitrogens with one attached hydrogen (secondary N) is 1. The number of anilines is 1. The van der Waals surface area contributed by atoms with Crippen LogP contribution in [0.2, 0.25) is 10.0 Å². The standard InChI is InChI=1S/C19H16Cl2N2O3S/c1-11-4-2-3-5-14(11)17-23-19(18(26-17)22-12-6-7-12)27(24,25)13-8-9-15(20)16(21)10-13/h2-5,8-10,12,22H,6-7H2,1H3. The van der Waals surface area contributed by atoms with E-state index in [1.807, 2.05) is 31.2 Å². The Kier molecular flexibility index (Phi) is 4.66. The fourth-order valence-corrected chi connectivity index (χ4v) is 4.33. The van der Waals surface area contributed by atoms with Crippen molar-refractivity contribution in [3.63, 3.8) is 0 Å². The molecule has 0 saturated heterocycles. The Bertz CT molecular complexity index is 1120. The van der Waals surface area contributed by atoms with E-state index in [0.717, 1.165) is 24.0 Å². The van der Waals surface area contributed by atoms with Crippen LogP contribution in [0.4, 0.5) is 5.88 Å². The van der Waals surface area contributed by atoms with Gasteiger partial charge >= 0.3 is 0 Å². The van der Waals surface area contributed by atoms with E-state index in [9.17, 15) is 8.42 Å². The fraction of sp³-hybridized carbons (Fsp3) is 0.211. The zero-order valence-corrected chi connectivity index (χ0v) is 16.7. The molecule has 140 valence electrons. The Morgan fingerprint density at radius 1 is 1.11 bits per heavy atom. The van der Waals surface area contributed by atoms with Crippen molar-refractivity contribution in [3.8, 4) is 11.5 Å². The molecule has 0 spiro atoms. The molecule has 1 aliphatic rings. The van der Waals surface area contributed by atoms with Crippen molar-refractivity contribution < 1.29 is 12.8 Å². The highest BCUT2D eigenvalue weighted by Crippen LogP contribution is 2.37. The molecule has 5 nitrogen and oxygen atoms in total. The molecule has 0 aliphatic heterocycles. The molecule has 1 saturated carbocycles. The predicted molar refractivity (Wildman–Crippen MR) is 105 cm³/mol. The predicted octanol–water partition coefficient (Wildman–Crippen LogP) is 5.36. The Morgan fingerprint density at radius 2 is 1.85 bits per heavy atom. The summed E-state index contributed by atoms with van der Waals surface area (Å²) in [6.45, 7) is 1.92. The second-order valence-electron chi connectivity index (χ2n) is 6.47. The Labute approximate surface area is 167 Å². The molecule has 4 rings (SSSR count). The third-order valence-corrected chi connectivity index (χ3v) is 6.74. The normalized spacial score (nSPS) is 14.3. The Morgan fingerprint density at radius 3 is 2.52 bits per heavy atom. The molecular formula is C19H16Cl2N2O3S. The first-order chi connectivity index (χ1) is 12.9. The van der Waals surface area contributed by atoms with Crippen LogP contribution < -0.4 is 5.32 Å². The lowest BCUT2D eigenvalue weighted by atomic mass is 10.1. The highest BCUT2D eigenvalue weighted by atomic mass is 35.5. The molecule has 0 amide bonds. The first-order valence-corrected chi connectivity index (χ1v) is 10.6. The molecule has 0 bridgehead atoms. The van der Waals surface area contributed by atoms with Gasteiger partial charge in [0.2, 0.25) is 26.6 Å². The summed E-state index contributed by atoms with van der Waals surface area (Å²) in [7, 11) is -3.94. The summed E-state index contributed by atoms with van der Waals surface area (Å²) in [5.74, 6) is 0.414. The second kappa shape index (κ2) is 6.86. The zero-order valence-electron chi connectivity index (χ0n) is 14.4. The van der Waals surface area contributed by atoms with Crippen LogP contribution in [0.15, 0.2) is 56.8 Å². The minimum absolute atomic E-state index is 0.0142. The molecule has 27 heavy (non-hydrogen) atoms. The van der Waals surface area contributed by atoms with Crippen molar-refractivity contribution in [1.82, 2.24) is 4.98 Å². The first kappa shape index (κ1) is 18.3. The van der Waals surface area contributed by atoms with Gasteiger partial charge in [0, 0.05) is 11.6 Å². The highest BCUT2D eigenvalue weighted by molar-refractivity contribution is 7.91. The SMILES string of the molecule is Cc1ccccc1-c1nc(S(=O)(=O)c2ccc(Cl)c(Cl)c2)c(NC2CC2)o1. The smallest absolute Gasteiger partial charge is 0.234 e. The number of hydrogen-bond donors (Lipinski definition) is 1. The molecule has 0 unspecified atom stereocenters. The van der Waals surface area contributed by atoms with Gasteiger partial charge in [0.15, 0.2) is 0 Å². The van der Waals surface area contributed by atoms with Crippen molar-refractivity contribution >= 4 is 38.9 Å². The number of benzene rings is 2. The van der Waals surface area contributed by atoms with Gasteiger partial charge in [-0.15, -0.1) is 0 Å². The number of halogens is 2. The number of oxazole rings is 1. The van der Waals surface area contributed by atoms with Crippen LogP contribution in [0.25, 0.3) is 11.5 Å². The average molecular weight is 423 g/mol. The first-order valence-electron chi connectivity index (χ1n) is 8.40. The van der Waals surface area contributed by atoms with E-state index in [2.05, 4.69) is 10.3 Å². The van der Waals surface area contributed by atoms with Gasteiger partial charge in [-0.1, -0.05) is 41.4 Å². The van der Waals surface area contributed by atoms with E-state index in [-0.39, 0.29) is 37.8 Å². The van der Waals surface area contributed by atoms with Gasteiger partial charge in [-0.25, -0.2) is 8.42 Å². The fourth-order valence-electron chi connectivity index (χ4n) is 2.68. The lowest BCUT2D eigenvalue weighted by Gasteiger charge is -2.06. The van der Waals surface area contributed by atoms with Crippen LogP contribution in [0, 0.1) is 6.92 Å². The van der Waals surface area contributed by atoms with Gasteiger partial charge in [-0.2, -0.15) is 4.98 Å². The van der Waals surface area contributed by atoms with E-state index >= 15 is 0 Å². The molecule has 1 aromatic heterocycles. The third kappa shape index (κ3) is 3.57. The maximum Gasteiger partial charge on any atom is 0.234 e. The van der Waals surface area contributed by atoms with Crippen molar-refractivity contribution in [2.24, 2.45) is 0 Å². The van der Waals surface area contributed by atoms with E-state index in [0.29, 0.717) is 0 Å². The number of aryl methyl sites for hydroxylation is 1. The van der Waals surface area contributed by atoms with Crippen molar-refractivity contribution in [1.29, 1.82) is 0 Å². The highest BCUT2D eigenvalue weighted by Gasteiger charge is 2.32. The molecule has 1 heterocycles. The van der Waals surface area contributed by atoms with E-state index in [1.54, 1.807) is 0 Å². The summed E-state index contributed by atoms with van der Waals surface area (Å²) < 4.78 is 32.2. The number of sulfone groups is 1. The summed E-state index contributed by atoms with van der Waals surface area (Å²) >= 11 is 11.9. The molecule has 8 heteroatoms. The third-order valence-electron chi connectivity index (χ3n) is 4.34. The Balaban J connectivity index is 1.85. The summed E-state index contributed by atoms with van der Waals surface area (Å²) in [6, 6.07) is 11.9. The summed E-state index contributed by atoms with van der Waals surface area (Å²) in [5.41, 5.74) is 1.68. The zero-order chi connectivity index (χ0) is 19.2. The van der Waals surface area contributed by atoms with E-state index < -0.39 is 9.84 Å². The summed E-state index contributed by atoms with van der Waals surface area (Å²) in [4.78, 5) is 4.34. The topological polar surface area (TPSA) is 72.2 Å². The molecule has 1 N–H and O–H groups in total. The van der Waals surface area contributed by atoms with Gasteiger partial charge in [-0.05, 0) is 49.6 Å². The number of rotatable bonds is 5. The van der Waals surface area contributed by atoms with Crippen LogP contribution >= 0.6 is 23.2 Å². The average Bonchev–Trinajstić information content (AvgIpc) is 3.34. The van der Waals surface area contributed by atoms with Crippen molar-refractivity contribution in [2.45, 2.75) is 35.7 Å². The lowest BCUT2D eigenvalue weighted by molar-refractivity contribution is 0.576. The van der Waals surface area contributed by atoms with Crippen LogP contribution in [-0.4, -0.2) is 19.4 Å². The molecule has 1 fully saturated rings. The van der Waals surface area contributed by atoms with E-state index in [1.165, 1.54) is 18.2 Å². The molecule has 0 atom stereocenters. The van der Waals surface area contributed by atoms with Gasteiger partial charge in [0.25, 0.3) is 0 Å². The monoisotopic (exact) mass is 422 g/mol. The van der Waals surface area contributed by atoms with Crippen LogP contribution in [0.1, 0.15) is 18.4 Å². The summed E-state index contributed by atoms with van der Waals surface area (Å²) in [6.07, 6.45) is 1.93. The second-order valence-corrected chi connectivity index (χ2v) is 9.15. The number of hydrogen-bond acceptors (Lipinski definition) is 5. The van der Waals surface area contributed by atoms with E-state index in [4.69, 9.17) is 27.6 Å². The lowest BCUT2D eigenvalue weighted by Crippen LogP contribution is -2.08. The van der Waals surface area contributed by atoms with Crippen molar-refractivity contribution in [3.05, 3.63) is 58.1 Å². The summed E-state index contributed by atoms with van der Waals surface area (Å²) in [5, 5.41) is 3.43. The largest absolute Gasteiger partial charge is 0.419 e. The minimum Gasteiger partial charge on any atom is -0.419 e. The quantitative estimate of drug-likeness (QED) is 0.598. The van der Waals surface area contributed by atoms with Gasteiger partial charge in [0.05, 0.1) is 14.9 Å². The number of aromatic nitrogens is 1. The molecular weight excluding hydrogens is 407 g/mol.